The van der Waals surface area contributed by atoms with E-state index in [1.54, 1.807) is 7.11 Å². The van der Waals surface area contributed by atoms with E-state index in [-0.39, 0.29) is 18.0 Å². The average Bonchev–Trinajstić information content (AvgIpc) is 3.47. The minimum absolute atomic E-state index is 0.0839. The van der Waals surface area contributed by atoms with Crippen LogP contribution in [0.15, 0.2) is 72.9 Å². The van der Waals surface area contributed by atoms with Gasteiger partial charge >= 0.3 is 0 Å². The highest BCUT2D eigenvalue weighted by molar-refractivity contribution is 7.80. The predicted molar refractivity (Wildman–Crippen MR) is 174 cm³/mol. The number of hydrogen-bond acceptors (Lipinski definition) is 4. The Bertz CT molecular complexity index is 1610. The molecular formula is C34H39N5O2S. The smallest absolute Gasteiger partial charge is 0.229 e. The Morgan fingerprint density at radius 2 is 1.76 bits per heavy atom. The zero-order valence-corrected chi connectivity index (χ0v) is 26.2. The lowest BCUT2D eigenvalue weighted by Crippen LogP contribution is -2.30. The molecule has 2 atom stereocenters. The van der Waals surface area contributed by atoms with Crippen LogP contribution in [-0.2, 0) is 11.2 Å². The van der Waals surface area contributed by atoms with Gasteiger partial charge in [0.2, 0.25) is 5.91 Å². The van der Waals surface area contributed by atoms with Crippen LogP contribution in [-0.4, -0.2) is 27.7 Å². The molecule has 2 aromatic heterocycles. The van der Waals surface area contributed by atoms with Gasteiger partial charge in [-0.05, 0) is 86.1 Å². The van der Waals surface area contributed by atoms with Gasteiger partial charge in [0.1, 0.15) is 5.75 Å². The van der Waals surface area contributed by atoms with E-state index in [9.17, 15) is 4.79 Å². The van der Waals surface area contributed by atoms with E-state index >= 15 is 0 Å². The Kier molecular flexibility index (Phi) is 8.10. The van der Waals surface area contributed by atoms with Crippen molar-refractivity contribution < 1.29 is 9.53 Å². The van der Waals surface area contributed by atoms with Gasteiger partial charge in [-0.25, -0.2) is 0 Å². The molecule has 1 saturated heterocycles. The maximum absolute atomic E-state index is 12.7. The minimum Gasteiger partial charge on any atom is -0.494 e. The van der Waals surface area contributed by atoms with Gasteiger partial charge in [0.05, 0.1) is 30.6 Å². The van der Waals surface area contributed by atoms with Gasteiger partial charge in [-0.3, -0.25) is 9.78 Å². The van der Waals surface area contributed by atoms with Crippen molar-refractivity contribution in [3.8, 4) is 11.4 Å². The van der Waals surface area contributed by atoms with E-state index in [4.69, 9.17) is 21.9 Å². The average molecular weight is 582 g/mol. The molecule has 2 aromatic carbocycles. The lowest BCUT2D eigenvalue weighted by Gasteiger charge is -2.29. The molecular weight excluding hydrogens is 542 g/mol. The molecule has 1 amide bonds. The third kappa shape index (κ3) is 5.51. The summed E-state index contributed by atoms with van der Waals surface area (Å²) in [6, 6.07) is 22.4. The molecule has 3 heterocycles. The first-order valence-electron chi connectivity index (χ1n) is 14.3. The van der Waals surface area contributed by atoms with Gasteiger partial charge in [-0.15, -0.1) is 0 Å². The molecule has 0 saturated carbocycles. The van der Waals surface area contributed by atoms with E-state index in [0.717, 1.165) is 40.4 Å². The topological polar surface area (TPSA) is 71.4 Å². The molecule has 0 unspecified atom stereocenters. The number of aryl methyl sites for hydroxylation is 2. The minimum atomic E-state index is -0.537. The number of benzene rings is 2. The quantitative estimate of drug-likeness (QED) is 0.225. The fraction of sp³-hybridized carbons (Fsp3) is 0.324. The number of aromatic nitrogens is 2. The first-order valence-corrected chi connectivity index (χ1v) is 14.7. The molecule has 0 spiro atoms. The normalized spacial score (nSPS) is 16.8. The van der Waals surface area contributed by atoms with Gasteiger partial charge in [0, 0.05) is 40.4 Å². The number of ether oxygens (including phenoxy) is 1. The summed E-state index contributed by atoms with van der Waals surface area (Å²) in [7, 11) is 1.61. The van der Waals surface area contributed by atoms with Crippen molar-refractivity contribution >= 4 is 34.6 Å². The summed E-state index contributed by atoms with van der Waals surface area (Å²) in [5.74, 6) is 0.480. The Labute approximate surface area is 253 Å². The van der Waals surface area contributed by atoms with Crippen LogP contribution in [0.5, 0.6) is 5.75 Å². The molecule has 5 rings (SSSR count). The highest BCUT2D eigenvalue weighted by Crippen LogP contribution is 2.45. The lowest BCUT2D eigenvalue weighted by molar-refractivity contribution is -0.123. The summed E-state index contributed by atoms with van der Waals surface area (Å²) >= 11 is 5.98. The first kappa shape index (κ1) is 29.3. The maximum atomic E-state index is 12.7. The van der Waals surface area contributed by atoms with Crippen LogP contribution in [0.3, 0.4) is 0 Å². The van der Waals surface area contributed by atoms with Crippen molar-refractivity contribution in [1.29, 1.82) is 0 Å². The van der Waals surface area contributed by atoms with Crippen molar-refractivity contribution in [1.82, 2.24) is 14.9 Å². The molecule has 8 heteroatoms. The highest BCUT2D eigenvalue weighted by Gasteiger charge is 2.42. The van der Waals surface area contributed by atoms with Crippen molar-refractivity contribution in [2.45, 2.75) is 60.0 Å². The van der Waals surface area contributed by atoms with Crippen LogP contribution in [0, 0.1) is 19.3 Å². The molecule has 4 aromatic rings. The van der Waals surface area contributed by atoms with E-state index in [0.29, 0.717) is 16.5 Å². The first-order chi connectivity index (χ1) is 20.0. The van der Waals surface area contributed by atoms with E-state index in [1.807, 2.05) is 63.4 Å². The van der Waals surface area contributed by atoms with Crippen LogP contribution >= 0.6 is 12.2 Å². The molecule has 7 nitrogen and oxygen atoms in total. The van der Waals surface area contributed by atoms with Gasteiger partial charge < -0.3 is 24.8 Å². The molecule has 0 aliphatic carbocycles. The third-order valence-corrected chi connectivity index (χ3v) is 8.20. The number of hydrogen-bond donors (Lipinski definition) is 2. The monoisotopic (exact) mass is 581 g/mol. The summed E-state index contributed by atoms with van der Waals surface area (Å²) in [5, 5.41) is 7.17. The number of anilines is 2. The fourth-order valence-electron chi connectivity index (χ4n) is 5.56. The fourth-order valence-corrected chi connectivity index (χ4v) is 5.90. The Balaban J connectivity index is 1.61. The predicted octanol–water partition coefficient (Wildman–Crippen LogP) is 7.22. The summed E-state index contributed by atoms with van der Waals surface area (Å²) in [5.41, 5.74) is 7.72. The van der Waals surface area contributed by atoms with Crippen molar-refractivity contribution in [3.63, 3.8) is 0 Å². The summed E-state index contributed by atoms with van der Waals surface area (Å²) in [4.78, 5) is 19.6. The summed E-state index contributed by atoms with van der Waals surface area (Å²) in [6.07, 6.45) is 2.82. The largest absolute Gasteiger partial charge is 0.494 e. The van der Waals surface area contributed by atoms with Crippen LogP contribution < -0.4 is 20.3 Å². The maximum Gasteiger partial charge on any atom is 0.229 e. The standard InChI is InChI=1S/C34H39N5O2S/c1-8-23-12-14-24(15-13-23)38-21(2)19-26(22(38)3)31-30(28-11-9-10-18-35-28)37-33(42)39(31)25-16-17-27(29(20-25)41-7)36-32(40)34(4,5)6/h9-20,30-31H,8H2,1-7H3,(H,36,40)(H,37,42)/t30-,31+/m0/s1. The third-order valence-electron chi connectivity index (χ3n) is 7.88. The summed E-state index contributed by atoms with van der Waals surface area (Å²) in [6.45, 7) is 12.1. The zero-order chi connectivity index (χ0) is 30.2. The molecule has 2 N–H and O–H groups in total. The van der Waals surface area contributed by atoms with Gasteiger partial charge in [-0.1, -0.05) is 45.9 Å². The number of rotatable bonds is 7. The van der Waals surface area contributed by atoms with Crippen molar-refractivity contribution in [3.05, 3.63) is 101 Å². The molecule has 1 aliphatic rings. The van der Waals surface area contributed by atoms with Gasteiger partial charge in [0.15, 0.2) is 5.11 Å². The zero-order valence-electron chi connectivity index (χ0n) is 25.4. The second kappa shape index (κ2) is 11.6. The van der Waals surface area contributed by atoms with E-state index in [2.05, 4.69) is 71.2 Å². The Hall–Kier alpha value is -4.17. The van der Waals surface area contributed by atoms with Crippen molar-refractivity contribution in [2.75, 3.05) is 17.3 Å². The Morgan fingerprint density at radius 1 is 1.05 bits per heavy atom. The SMILES string of the molecule is CCc1ccc(-n2c(C)cc([C@@H]3[C@H](c4ccccn4)NC(=S)N3c3ccc(NC(=O)C(C)(C)C)c(OC)c3)c2C)cc1. The number of amides is 1. The molecule has 1 aliphatic heterocycles. The lowest BCUT2D eigenvalue weighted by atomic mass is 9.95. The van der Waals surface area contributed by atoms with Crippen molar-refractivity contribution in [2.24, 2.45) is 5.41 Å². The van der Waals surface area contributed by atoms with Crippen LogP contribution in [0.2, 0.25) is 0 Å². The molecule has 42 heavy (non-hydrogen) atoms. The van der Waals surface area contributed by atoms with E-state index < -0.39 is 5.41 Å². The number of nitrogens with one attached hydrogen (secondary N) is 2. The summed E-state index contributed by atoms with van der Waals surface area (Å²) < 4.78 is 8.05. The van der Waals surface area contributed by atoms with Gasteiger partial charge in [0.25, 0.3) is 0 Å². The molecule has 218 valence electrons. The van der Waals surface area contributed by atoms with E-state index in [1.165, 1.54) is 5.56 Å². The molecule has 0 bridgehead atoms. The highest BCUT2D eigenvalue weighted by atomic mass is 32.1. The number of nitrogens with zero attached hydrogens (tertiary/aromatic N) is 3. The van der Waals surface area contributed by atoms with Crippen LogP contribution in [0.25, 0.3) is 5.69 Å². The Morgan fingerprint density at radius 3 is 2.38 bits per heavy atom. The number of carbonyl (C=O) groups is 1. The number of carbonyl (C=O) groups excluding carboxylic acids is 1. The van der Waals surface area contributed by atoms with Crippen LogP contribution in [0.1, 0.15) is 68.0 Å². The number of pyridine rings is 1. The van der Waals surface area contributed by atoms with Gasteiger partial charge in [-0.2, -0.15) is 0 Å². The second-order valence-corrected chi connectivity index (χ2v) is 12.2. The molecule has 1 fully saturated rings. The number of methoxy groups -OCH3 is 1. The number of thiocarbonyl (C=S) groups is 1. The second-order valence-electron chi connectivity index (χ2n) is 11.8. The van der Waals surface area contributed by atoms with Crippen LogP contribution in [0.4, 0.5) is 11.4 Å². The molecule has 0 radical (unpaired) electrons.